The van der Waals surface area contributed by atoms with Crippen LogP contribution in [0.5, 0.6) is 0 Å². The molecular weight excluding hydrogens is 570 g/mol. The Balaban J connectivity index is 1.21. The first kappa shape index (κ1) is 23.4. The molecule has 0 radical (unpaired) electrons. The monoisotopic (exact) mass is 595 g/mol. The summed E-state index contributed by atoms with van der Waals surface area (Å²) < 4.78 is 24.7. The molecule has 6 nitrogen and oxygen atoms in total. The molecule has 3 aliphatic rings. The predicted molar refractivity (Wildman–Crippen MR) is 130 cm³/mol. The van der Waals surface area contributed by atoms with Gasteiger partial charge in [-0.1, -0.05) is 0 Å². The number of amides is 1. The fourth-order valence-corrected chi connectivity index (χ4v) is 6.39. The molecule has 36 heavy (non-hydrogen) atoms. The quantitative estimate of drug-likeness (QED) is 0.423. The Bertz CT molecular complexity index is 1510. The van der Waals surface area contributed by atoms with Crippen molar-refractivity contribution in [1.29, 1.82) is 0 Å². The van der Waals surface area contributed by atoms with E-state index in [1.807, 2.05) is 18.3 Å². The zero-order valence-corrected chi connectivity index (χ0v) is 22.0. The van der Waals surface area contributed by atoms with E-state index in [9.17, 15) is 9.18 Å². The number of carbonyl (C=O) groups is 1. The molecule has 4 heterocycles. The molecule has 2 aliphatic heterocycles. The molecule has 1 saturated carbocycles. The minimum atomic E-state index is -1.60. The second-order valence-electron chi connectivity index (χ2n) is 9.58. The SMILES string of the molecule is C[C@@]1(F)COCc2ccc(C(=O)NCC3=C[I-]C=c4ccc(-c5cncc(C6CC6)n5)nc4=C3)cc21. The van der Waals surface area contributed by atoms with Gasteiger partial charge >= 0.3 is 219 Å². The third-order valence-corrected chi connectivity index (χ3v) is 8.78. The number of rotatable bonds is 5. The average molecular weight is 595 g/mol. The van der Waals surface area contributed by atoms with Crippen molar-refractivity contribution >= 4 is 16.1 Å². The Kier molecular flexibility index (Phi) is 6.17. The third kappa shape index (κ3) is 4.84. The third-order valence-electron chi connectivity index (χ3n) is 6.59. The number of carbonyl (C=O) groups excluding carboxylic acids is 1. The van der Waals surface area contributed by atoms with Crippen LogP contribution in [0.4, 0.5) is 4.39 Å². The van der Waals surface area contributed by atoms with E-state index in [4.69, 9.17) is 14.7 Å². The van der Waals surface area contributed by atoms with Gasteiger partial charge in [0.25, 0.3) is 0 Å². The predicted octanol–water partition coefficient (Wildman–Crippen LogP) is 0.0659. The van der Waals surface area contributed by atoms with Crippen molar-refractivity contribution in [3.63, 3.8) is 0 Å². The summed E-state index contributed by atoms with van der Waals surface area (Å²) in [5.74, 6) is 0.304. The summed E-state index contributed by atoms with van der Waals surface area (Å²) in [6.07, 6.45) is 7.99. The van der Waals surface area contributed by atoms with Gasteiger partial charge in [-0.05, 0) is 0 Å². The number of ether oxygens (including phenoxy) is 1. The molecule has 1 atom stereocenters. The summed E-state index contributed by atoms with van der Waals surface area (Å²) in [4.78, 5) is 27.0. The van der Waals surface area contributed by atoms with Crippen LogP contribution in [0.2, 0.25) is 0 Å². The molecule has 0 spiro atoms. The number of benzene rings is 1. The van der Waals surface area contributed by atoms with Gasteiger partial charge in [-0.15, -0.1) is 0 Å². The average Bonchev–Trinajstić information content (AvgIpc) is 3.74. The molecular formula is C28H25FIN4O2-. The molecule has 0 unspecified atom stereocenters. The summed E-state index contributed by atoms with van der Waals surface area (Å²) >= 11 is -0.322. The van der Waals surface area contributed by atoms with Crippen molar-refractivity contribution in [2.75, 3.05) is 13.2 Å². The van der Waals surface area contributed by atoms with Crippen LogP contribution in [0.15, 0.2) is 52.4 Å². The molecule has 6 rings (SSSR count). The summed E-state index contributed by atoms with van der Waals surface area (Å²) in [7, 11) is 0. The Hall–Kier alpha value is -2.98. The molecule has 1 amide bonds. The molecule has 184 valence electrons. The van der Waals surface area contributed by atoms with Crippen LogP contribution in [0.3, 0.4) is 0 Å². The van der Waals surface area contributed by atoms with Gasteiger partial charge in [-0.25, -0.2) is 0 Å². The number of aromatic nitrogens is 3. The number of alkyl halides is 1. The summed E-state index contributed by atoms with van der Waals surface area (Å²) in [5, 5.41) is 4.95. The standard InChI is InChI=1S/C28H25FIN4O2/c1-28(29)16-36-15-21-5-4-19(9-22(21)28)27(35)32-12-17-8-24-20(11-30-10-17)6-7-23(33-24)26-14-31-13-25(34-26)18-2-3-18/h4-11,13-14,18H,2-3,12,15-16H2,1H3,(H,32,35)/q-1/t28-/m1/s1. The molecule has 0 bridgehead atoms. The van der Waals surface area contributed by atoms with Gasteiger partial charge in [0.2, 0.25) is 0 Å². The topological polar surface area (TPSA) is 77.0 Å². The van der Waals surface area contributed by atoms with Crippen LogP contribution in [-0.2, 0) is 17.0 Å². The molecule has 2 aromatic heterocycles. The van der Waals surface area contributed by atoms with E-state index in [-0.39, 0.29) is 33.7 Å². The van der Waals surface area contributed by atoms with Crippen LogP contribution in [0.25, 0.3) is 21.5 Å². The molecule has 1 fully saturated rings. The number of halogens is 2. The van der Waals surface area contributed by atoms with E-state index in [1.165, 1.54) is 19.8 Å². The van der Waals surface area contributed by atoms with Crippen molar-refractivity contribution in [1.82, 2.24) is 20.3 Å². The van der Waals surface area contributed by atoms with E-state index in [1.54, 1.807) is 24.4 Å². The Morgan fingerprint density at radius 1 is 1.17 bits per heavy atom. The van der Waals surface area contributed by atoms with Crippen LogP contribution >= 0.6 is 0 Å². The zero-order chi connectivity index (χ0) is 24.7. The second kappa shape index (κ2) is 9.48. The van der Waals surface area contributed by atoms with Gasteiger partial charge in [-0.2, -0.15) is 0 Å². The van der Waals surface area contributed by atoms with Crippen molar-refractivity contribution < 1.29 is 35.1 Å². The molecule has 1 aromatic carbocycles. The number of pyridine rings is 1. The first-order valence-corrected chi connectivity index (χ1v) is 14.5. The maximum absolute atomic E-state index is 14.9. The normalized spacial score (nSPS) is 20.9. The van der Waals surface area contributed by atoms with E-state index in [0.29, 0.717) is 30.2 Å². The van der Waals surface area contributed by atoms with E-state index in [2.05, 4.69) is 24.5 Å². The van der Waals surface area contributed by atoms with Gasteiger partial charge in [0.05, 0.1) is 0 Å². The van der Waals surface area contributed by atoms with Crippen LogP contribution in [-0.4, -0.2) is 34.0 Å². The molecule has 0 saturated heterocycles. The summed E-state index contributed by atoms with van der Waals surface area (Å²) in [6.45, 7) is 2.23. The maximum atomic E-state index is 14.9. The van der Waals surface area contributed by atoms with Crippen molar-refractivity contribution in [3.05, 3.63) is 85.3 Å². The van der Waals surface area contributed by atoms with Gasteiger partial charge in [0, 0.05) is 0 Å². The summed E-state index contributed by atoms with van der Waals surface area (Å²) in [5.41, 5.74) is 3.79. The molecule has 1 aliphatic carbocycles. The number of fused-ring (bicyclic) bond motifs is 2. The molecule has 8 heteroatoms. The van der Waals surface area contributed by atoms with Gasteiger partial charge in [0.1, 0.15) is 0 Å². The van der Waals surface area contributed by atoms with E-state index >= 15 is 0 Å². The van der Waals surface area contributed by atoms with Crippen LogP contribution < -0.4 is 37.1 Å². The molecule has 1 N–H and O–H groups in total. The number of hydrogen-bond donors (Lipinski definition) is 1. The molecule has 3 aromatic rings. The fourth-order valence-electron chi connectivity index (χ4n) is 4.44. The van der Waals surface area contributed by atoms with E-state index in [0.717, 1.165) is 38.8 Å². The van der Waals surface area contributed by atoms with Gasteiger partial charge < -0.3 is 0 Å². The van der Waals surface area contributed by atoms with E-state index < -0.39 is 5.67 Å². The fraction of sp³-hybridized carbons (Fsp3) is 0.286. The summed E-state index contributed by atoms with van der Waals surface area (Å²) in [6, 6.07) is 9.24. The van der Waals surface area contributed by atoms with Crippen LogP contribution in [0, 0.1) is 0 Å². The van der Waals surface area contributed by atoms with Crippen molar-refractivity contribution in [3.8, 4) is 11.4 Å². The Labute approximate surface area is 218 Å². The first-order chi connectivity index (χ1) is 17.5. The first-order valence-electron chi connectivity index (χ1n) is 12.0. The van der Waals surface area contributed by atoms with Gasteiger partial charge in [-0.3, -0.25) is 0 Å². The Morgan fingerprint density at radius 3 is 2.92 bits per heavy atom. The van der Waals surface area contributed by atoms with Crippen molar-refractivity contribution in [2.45, 2.75) is 38.0 Å². The van der Waals surface area contributed by atoms with Crippen molar-refractivity contribution in [2.24, 2.45) is 0 Å². The zero-order valence-electron chi connectivity index (χ0n) is 19.8. The number of nitrogens with zero attached hydrogens (tertiary/aromatic N) is 3. The second-order valence-corrected chi connectivity index (χ2v) is 11.5. The number of nitrogens with one attached hydrogen (secondary N) is 1. The number of hydrogen-bond acceptors (Lipinski definition) is 5. The Morgan fingerprint density at radius 2 is 2.06 bits per heavy atom. The van der Waals surface area contributed by atoms with Gasteiger partial charge in [0.15, 0.2) is 0 Å². The van der Waals surface area contributed by atoms with Crippen LogP contribution in [0.1, 0.15) is 52.9 Å². The minimum absolute atomic E-state index is 0.00205.